The summed E-state index contributed by atoms with van der Waals surface area (Å²) in [5, 5.41) is 0. The van der Waals surface area contributed by atoms with Crippen molar-refractivity contribution in [3.8, 4) is 0 Å². The van der Waals surface area contributed by atoms with Crippen LogP contribution in [0.25, 0.3) is 0 Å². The molecule has 3 fully saturated rings. The molecule has 0 N–H and O–H groups in total. The number of rotatable bonds is 4. The highest BCUT2D eigenvalue weighted by Crippen LogP contribution is 2.35. The van der Waals surface area contributed by atoms with Crippen molar-refractivity contribution < 1.29 is 9.53 Å². The first-order valence-electron chi connectivity index (χ1n) is 8.44. The van der Waals surface area contributed by atoms with E-state index in [0.717, 1.165) is 45.6 Å². The lowest BCUT2D eigenvalue weighted by molar-refractivity contribution is -0.152. The van der Waals surface area contributed by atoms with E-state index in [1.807, 2.05) is 0 Å². The van der Waals surface area contributed by atoms with Crippen LogP contribution in [0.1, 0.15) is 32.1 Å². The average Bonchev–Trinajstić information content (AvgIpc) is 2.69. The van der Waals surface area contributed by atoms with Crippen molar-refractivity contribution in [1.82, 2.24) is 14.7 Å². The number of hydrogen-bond acceptors (Lipinski definition) is 5. The molecule has 0 aliphatic carbocycles. The Hall–Kier alpha value is -0.360. The van der Waals surface area contributed by atoms with Gasteiger partial charge in [-0.05, 0) is 39.8 Å². The van der Waals surface area contributed by atoms with Crippen molar-refractivity contribution in [1.29, 1.82) is 0 Å². The number of piperazine rings is 1. The minimum atomic E-state index is 0. The molecule has 0 aromatic carbocycles. The number of carbonyl (C=O) groups is 1. The van der Waals surface area contributed by atoms with E-state index >= 15 is 0 Å². The molecular weight excluding hydrogens is 302 g/mol. The lowest BCUT2D eigenvalue weighted by atomic mass is 10.0. The van der Waals surface area contributed by atoms with Crippen LogP contribution >= 0.6 is 12.4 Å². The third-order valence-electron chi connectivity index (χ3n) is 5.58. The van der Waals surface area contributed by atoms with Crippen LogP contribution in [0, 0.1) is 0 Å². The van der Waals surface area contributed by atoms with E-state index in [2.05, 4.69) is 28.8 Å². The summed E-state index contributed by atoms with van der Waals surface area (Å²) >= 11 is 0. The van der Waals surface area contributed by atoms with Crippen molar-refractivity contribution in [3.05, 3.63) is 0 Å². The molecule has 22 heavy (non-hydrogen) atoms. The molecule has 2 unspecified atom stereocenters. The van der Waals surface area contributed by atoms with Gasteiger partial charge in [0.25, 0.3) is 0 Å². The molecule has 3 aliphatic rings. The molecule has 0 spiro atoms. The third kappa shape index (κ3) is 4.34. The third-order valence-corrected chi connectivity index (χ3v) is 5.58. The fraction of sp³-hybridized carbons (Fsp3) is 0.938. The van der Waals surface area contributed by atoms with Crippen molar-refractivity contribution in [2.45, 2.75) is 50.3 Å². The molecule has 0 radical (unpaired) electrons. The first kappa shape index (κ1) is 18.0. The predicted octanol–water partition coefficient (Wildman–Crippen LogP) is 1.21. The zero-order valence-corrected chi connectivity index (χ0v) is 14.7. The molecule has 3 heterocycles. The number of likely N-dealkylation sites (N-methyl/N-ethyl adjacent to an activating group) is 1. The Labute approximate surface area is 140 Å². The molecule has 0 aromatic rings. The van der Waals surface area contributed by atoms with Crippen LogP contribution in [0.2, 0.25) is 0 Å². The Balaban J connectivity index is 0.00000176. The number of nitrogens with zero attached hydrogens (tertiary/aromatic N) is 3. The number of halogens is 1. The molecule has 2 bridgehead atoms. The number of ether oxygens (including phenoxy) is 1. The SMILES string of the molecule is CN1CCN(CCC(=O)OC2CC3CCC(C2)N3C)CC1.Cl. The largest absolute Gasteiger partial charge is 0.462 e. The molecule has 6 heteroatoms. The van der Waals surface area contributed by atoms with Crippen LogP contribution in [0.5, 0.6) is 0 Å². The van der Waals surface area contributed by atoms with Gasteiger partial charge in [0, 0.05) is 44.8 Å². The summed E-state index contributed by atoms with van der Waals surface area (Å²) in [6.07, 6.45) is 5.33. The lowest BCUT2D eigenvalue weighted by Gasteiger charge is -2.36. The maximum Gasteiger partial charge on any atom is 0.307 e. The molecule has 3 rings (SSSR count). The van der Waals surface area contributed by atoms with Crippen LogP contribution in [-0.2, 0) is 9.53 Å². The molecule has 0 saturated carbocycles. The van der Waals surface area contributed by atoms with E-state index in [1.54, 1.807) is 0 Å². The first-order valence-corrected chi connectivity index (χ1v) is 8.44. The van der Waals surface area contributed by atoms with Crippen LogP contribution < -0.4 is 0 Å². The fourth-order valence-corrected chi connectivity index (χ4v) is 4.02. The van der Waals surface area contributed by atoms with Gasteiger partial charge in [0.15, 0.2) is 0 Å². The van der Waals surface area contributed by atoms with Crippen molar-refractivity contribution >= 4 is 18.4 Å². The molecule has 3 saturated heterocycles. The highest BCUT2D eigenvalue weighted by atomic mass is 35.5. The summed E-state index contributed by atoms with van der Waals surface area (Å²) in [5.41, 5.74) is 0. The standard InChI is InChI=1S/C16H29N3O2.ClH/c1-17-7-9-19(10-8-17)6-5-16(20)21-15-11-13-3-4-14(12-15)18(13)2;/h13-15H,3-12H2,1-2H3;1H. The molecular formula is C16H30ClN3O2. The van der Waals surface area contributed by atoms with Gasteiger partial charge >= 0.3 is 5.97 Å². The van der Waals surface area contributed by atoms with Gasteiger partial charge in [-0.15, -0.1) is 12.4 Å². The van der Waals surface area contributed by atoms with Gasteiger partial charge in [0.05, 0.1) is 6.42 Å². The molecule has 2 atom stereocenters. The number of esters is 1. The number of hydrogen-bond donors (Lipinski definition) is 0. The first-order chi connectivity index (χ1) is 10.1. The Bertz CT molecular complexity index is 360. The van der Waals surface area contributed by atoms with E-state index in [4.69, 9.17) is 4.74 Å². The minimum absolute atomic E-state index is 0. The second-order valence-corrected chi connectivity index (χ2v) is 7.03. The quantitative estimate of drug-likeness (QED) is 0.724. The van der Waals surface area contributed by atoms with Gasteiger partial charge in [-0.25, -0.2) is 0 Å². The average molecular weight is 332 g/mol. The maximum atomic E-state index is 12.1. The summed E-state index contributed by atoms with van der Waals surface area (Å²) in [6, 6.07) is 1.28. The van der Waals surface area contributed by atoms with Crippen LogP contribution in [0.15, 0.2) is 0 Å². The van der Waals surface area contributed by atoms with Gasteiger partial charge in [-0.2, -0.15) is 0 Å². The summed E-state index contributed by atoms with van der Waals surface area (Å²) in [5.74, 6) is 0.00267. The van der Waals surface area contributed by atoms with E-state index in [9.17, 15) is 4.79 Å². The van der Waals surface area contributed by atoms with E-state index in [1.165, 1.54) is 12.8 Å². The van der Waals surface area contributed by atoms with Crippen molar-refractivity contribution in [2.24, 2.45) is 0 Å². The zero-order chi connectivity index (χ0) is 14.8. The summed E-state index contributed by atoms with van der Waals surface area (Å²) in [4.78, 5) is 19.3. The summed E-state index contributed by atoms with van der Waals surface area (Å²) in [6.45, 7) is 5.21. The number of carbonyl (C=O) groups excluding carboxylic acids is 1. The van der Waals surface area contributed by atoms with Gasteiger partial charge in [-0.3, -0.25) is 4.79 Å². The van der Waals surface area contributed by atoms with Crippen molar-refractivity contribution in [2.75, 3.05) is 46.8 Å². The molecule has 0 amide bonds. The molecule has 3 aliphatic heterocycles. The zero-order valence-electron chi connectivity index (χ0n) is 13.9. The van der Waals surface area contributed by atoms with Crippen LogP contribution in [0.4, 0.5) is 0 Å². The van der Waals surface area contributed by atoms with Gasteiger partial charge in [0.2, 0.25) is 0 Å². The highest BCUT2D eigenvalue weighted by Gasteiger charge is 2.39. The van der Waals surface area contributed by atoms with Crippen LogP contribution in [0.3, 0.4) is 0 Å². The fourth-order valence-electron chi connectivity index (χ4n) is 4.02. The lowest BCUT2D eigenvalue weighted by Crippen LogP contribution is -2.45. The van der Waals surface area contributed by atoms with E-state index in [-0.39, 0.29) is 24.5 Å². The minimum Gasteiger partial charge on any atom is -0.462 e. The molecule has 128 valence electrons. The van der Waals surface area contributed by atoms with Gasteiger partial charge in [0.1, 0.15) is 6.10 Å². The van der Waals surface area contributed by atoms with E-state index in [0.29, 0.717) is 18.5 Å². The Morgan fingerprint density at radius 1 is 1.05 bits per heavy atom. The smallest absolute Gasteiger partial charge is 0.307 e. The normalized spacial score (nSPS) is 33.5. The second kappa shape index (κ2) is 7.95. The second-order valence-electron chi connectivity index (χ2n) is 7.03. The summed E-state index contributed by atoms with van der Waals surface area (Å²) in [7, 11) is 4.37. The topological polar surface area (TPSA) is 36.0 Å². The number of fused-ring (bicyclic) bond motifs is 2. The molecule has 0 aromatic heterocycles. The molecule has 5 nitrogen and oxygen atoms in total. The van der Waals surface area contributed by atoms with Gasteiger partial charge < -0.3 is 19.4 Å². The van der Waals surface area contributed by atoms with Gasteiger partial charge in [-0.1, -0.05) is 0 Å². The summed E-state index contributed by atoms with van der Waals surface area (Å²) < 4.78 is 5.73. The highest BCUT2D eigenvalue weighted by molar-refractivity contribution is 5.85. The predicted molar refractivity (Wildman–Crippen MR) is 89.5 cm³/mol. The van der Waals surface area contributed by atoms with E-state index < -0.39 is 0 Å². The van der Waals surface area contributed by atoms with Crippen molar-refractivity contribution in [3.63, 3.8) is 0 Å². The maximum absolute atomic E-state index is 12.1. The van der Waals surface area contributed by atoms with Crippen LogP contribution in [-0.4, -0.2) is 85.7 Å². The monoisotopic (exact) mass is 331 g/mol. The Morgan fingerprint density at radius 3 is 2.23 bits per heavy atom. The Morgan fingerprint density at radius 2 is 1.64 bits per heavy atom. The number of piperidine rings is 1. The Kier molecular flexibility index (Phi) is 6.50.